The van der Waals surface area contributed by atoms with Gasteiger partial charge >= 0.3 is 0 Å². The van der Waals surface area contributed by atoms with Crippen LogP contribution in [-0.2, 0) is 0 Å². The van der Waals surface area contributed by atoms with E-state index in [0.29, 0.717) is 19.1 Å². The van der Waals surface area contributed by atoms with Crippen molar-refractivity contribution in [3.8, 4) is 23.2 Å². The number of benzene rings is 2. The predicted molar refractivity (Wildman–Crippen MR) is 127 cm³/mol. The van der Waals surface area contributed by atoms with Crippen LogP contribution in [0, 0.1) is 11.5 Å². The Morgan fingerprint density at radius 3 is 2.65 bits per heavy atom. The van der Waals surface area contributed by atoms with Crippen molar-refractivity contribution in [1.29, 1.82) is 0 Å². The largest absolute Gasteiger partial charge is 0.492 e. The highest BCUT2D eigenvalue weighted by atomic mass is 28.3. The van der Waals surface area contributed by atoms with Crippen LogP contribution in [0.25, 0.3) is 16.9 Å². The van der Waals surface area contributed by atoms with Crippen molar-refractivity contribution in [2.75, 3.05) is 18.5 Å². The highest BCUT2D eigenvalue weighted by molar-refractivity contribution is 6.83. The summed E-state index contributed by atoms with van der Waals surface area (Å²) in [6, 6.07) is 15.8. The van der Waals surface area contributed by atoms with Gasteiger partial charge in [0, 0.05) is 23.3 Å². The van der Waals surface area contributed by atoms with Crippen LogP contribution in [0.4, 0.5) is 5.82 Å². The summed E-state index contributed by atoms with van der Waals surface area (Å²) in [5.41, 5.74) is 5.24. The Labute approximate surface area is 183 Å². The van der Waals surface area contributed by atoms with Crippen molar-refractivity contribution < 1.29 is 4.74 Å². The summed E-state index contributed by atoms with van der Waals surface area (Å²) in [5, 5.41) is 4.35. The average Bonchev–Trinajstić information content (AvgIpc) is 3.30. The van der Waals surface area contributed by atoms with Crippen molar-refractivity contribution >= 4 is 24.8 Å². The quantitative estimate of drug-likeness (QED) is 0.278. The monoisotopic (exact) mass is 427 g/mol. The molecular formula is C24H25N5OSi. The second kappa shape index (κ2) is 9.02. The average molecular weight is 428 g/mol. The number of ether oxygens (including phenoxy) is 1. The lowest BCUT2D eigenvalue weighted by molar-refractivity contribution is 0.333. The summed E-state index contributed by atoms with van der Waals surface area (Å²) >= 11 is 0. The SMILES string of the molecule is C[Si](C)(C)C#Cc1ccc2nc(-n3ccnc3)nc(NCCOc3ccccc3)c2c1. The Balaban J connectivity index is 1.62. The smallest absolute Gasteiger partial charge is 0.237 e. The molecule has 0 bridgehead atoms. The molecule has 0 spiro atoms. The molecule has 6 nitrogen and oxygen atoms in total. The lowest BCUT2D eigenvalue weighted by atomic mass is 10.1. The number of nitrogens with one attached hydrogen (secondary N) is 1. The van der Waals surface area contributed by atoms with Gasteiger partial charge < -0.3 is 10.1 Å². The van der Waals surface area contributed by atoms with E-state index in [9.17, 15) is 0 Å². The van der Waals surface area contributed by atoms with Gasteiger partial charge in [0.15, 0.2) is 0 Å². The van der Waals surface area contributed by atoms with Crippen LogP contribution in [-0.4, -0.2) is 40.7 Å². The molecule has 0 unspecified atom stereocenters. The molecule has 31 heavy (non-hydrogen) atoms. The Morgan fingerprint density at radius 1 is 1.06 bits per heavy atom. The van der Waals surface area contributed by atoms with Crippen LogP contribution in [0.3, 0.4) is 0 Å². The van der Waals surface area contributed by atoms with Crippen LogP contribution in [0.2, 0.25) is 19.6 Å². The second-order valence-electron chi connectivity index (χ2n) is 8.16. The first kappa shape index (κ1) is 20.6. The van der Waals surface area contributed by atoms with E-state index in [2.05, 4.69) is 47.5 Å². The summed E-state index contributed by atoms with van der Waals surface area (Å²) in [6.45, 7) is 7.84. The Kier molecular flexibility index (Phi) is 6.00. The number of fused-ring (bicyclic) bond motifs is 1. The Morgan fingerprint density at radius 2 is 1.90 bits per heavy atom. The fourth-order valence-electron chi connectivity index (χ4n) is 2.94. The summed E-state index contributed by atoms with van der Waals surface area (Å²) in [4.78, 5) is 13.6. The molecule has 2 aromatic heterocycles. The molecule has 0 atom stereocenters. The maximum atomic E-state index is 5.80. The third-order valence-corrected chi connectivity index (χ3v) is 5.28. The zero-order valence-electron chi connectivity index (χ0n) is 18.0. The van der Waals surface area contributed by atoms with Crippen molar-refractivity contribution in [3.05, 3.63) is 72.8 Å². The normalized spacial score (nSPS) is 11.1. The van der Waals surface area contributed by atoms with Crippen molar-refractivity contribution in [2.45, 2.75) is 19.6 Å². The van der Waals surface area contributed by atoms with E-state index >= 15 is 0 Å². The molecule has 0 aliphatic carbocycles. The highest BCUT2D eigenvalue weighted by Gasteiger charge is 2.11. The molecule has 156 valence electrons. The van der Waals surface area contributed by atoms with Crippen LogP contribution >= 0.6 is 0 Å². The molecule has 0 aliphatic rings. The highest BCUT2D eigenvalue weighted by Crippen LogP contribution is 2.23. The van der Waals surface area contributed by atoms with E-state index in [1.165, 1.54) is 0 Å². The van der Waals surface area contributed by atoms with Gasteiger partial charge in [-0.25, -0.2) is 9.97 Å². The van der Waals surface area contributed by atoms with E-state index in [-0.39, 0.29) is 0 Å². The fourth-order valence-corrected chi connectivity index (χ4v) is 3.46. The van der Waals surface area contributed by atoms with E-state index in [4.69, 9.17) is 14.7 Å². The topological polar surface area (TPSA) is 64.9 Å². The van der Waals surface area contributed by atoms with Gasteiger partial charge in [-0.05, 0) is 30.3 Å². The second-order valence-corrected chi connectivity index (χ2v) is 12.9. The van der Waals surface area contributed by atoms with Gasteiger partial charge in [-0.15, -0.1) is 5.54 Å². The number of imidazole rings is 1. The molecule has 4 aromatic rings. The maximum absolute atomic E-state index is 5.80. The first-order chi connectivity index (χ1) is 15.0. The summed E-state index contributed by atoms with van der Waals surface area (Å²) in [6.07, 6.45) is 5.23. The molecule has 7 heteroatoms. The summed E-state index contributed by atoms with van der Waals surface area (Å²) in [7, 11) is -1.46. The summed E-state index contributed by atoms with van der Waals surface area (Å²) in [5.74, 6) is 5.49. The first-order valence-electron chi connectivity index (χ1n) is 10.2. The maximum Gasteiger partial charge on any atom is 0.237 e. The molecular weight excluding hydrogens is 402 g/mol. The van der Waals surface area contributed by atoms with Gasteiger partial charge in [-0.1, -0.05) is 43.8 Å². The molecule has 0 saturated carbocycles. The molecule has 1 N–H and O–H groups in total. The number of hydrogen-bond donors (Lipinski definition) is 1. The van der Waals surface area contributed by atoms with E-state index in [1.807, 2.05) is 48.7 Å². The third kappa shape index (κ3) is 5.50. The van der Waals surface area contributed by atoms with Gasteiger partial charge in [0.25, 0.3) is 0 Å². The number of para-hydroxylation sites is 1. The molecule has 2 heterocycles. The molecule has 0 amide bonds. The minimum Gasteiger partial charge on any atom is -0.492 e. The number of rotatable bonds is 6. The van der Waals surface area contributed by atoms with Gasteiger partial charge in [-0.2, -0.15) is 4.98 Å². The number of anilines is 1. The molecule has 0 radical (unpaired) electrons. The van der Waals surface area contributed by atoms with E-state index in [1.54, 1.807) is 17.1 Å². The van der Waals surface area contributed by atoms with Gasteiger partial charge in [-0.3, -0.25) is 4.57 Å². The predicted octanol–water partition coefficient (Wildman–Crippen LogP) is 4.54. The van der Waals surface area contributed by atoms with Crippen molar-refractivity contribution in [1.82, 2.24) is 19.5 Å². The fraction of sp³-hybridized carbons (Fsp3) is 0.208. The number of aromatic nitrogens is 4. The minimum absolute atomic E-state index is 0.519. The molecule has 4 rings (SSSR count). The zero-order chi connectivity index (χ0) is 21.7. The molecule has 0 fully saturated rings. The lowest BCUT2D eigenvalue weighted by Crippen LogP contribution is -2.16. The van der Waals surface area contributed by atoms with Gasteiger partial charge in [0.05, 0.1) is 12.1 Å². The minimum atomic E-state index is -1.46. The van der Waals surface area contributed by atoms with Crippen molar-refractivity contribution in [2.24, 2.45) is 0 Å². The van der Waals surface area contributed by atoms with E-state index in [0.717, 1.165) is 28.0 Å². The lowest BCUT2D eigenvalue weighted by Gasteiger charge is -2.12. The van der Waals surface area contributed by atoms with Crippen molar-refractivity contribution in [3.63, 3.8) is 0 Å². The first-order valence-corrected chi connectivity index (χ1v) is 13.7. The number of hydrogen-bond acceptors (Lipinski definition) is 5. The molecule has 0 aliphatic heterocycles. The zero-order valence-corrected chi connectivity index (χ0v) is 19.0. The molecule has 0 saturated heterocycles. The van der Waals surface area contributed by atoms with Crippen LogP contribution in [0.15, 0.2) is 67.3 Å². The standard InChI is InChI=1S/C24H25N5OSi/c1-31(2,3)16-11-19-9-10-22-21(17-19)23(28-24(27-22)29-14-12-25-18-29)26-13-15-30-20-7-5-4-6-8-20/h4-10,12,14,17-18H,13,15H2,1-3H3,(H,26,27,28). The van der Waals surface area contributed by atoms with E-state index < -0.39 is 8.07 Å². The van der Waals surface area contributed by atoms with Crippen LogP contribution < -0.4 is 10.1 Å². The van der Waals surface area contributed by atoms with Crippen LogP contribution in [0.1, 0.15) is 5.56 Å². The van der Waals surface area contributed by atoms with Crippen LogP contribution in [0.5, 0.6) is 5.75 Å². The van der Waals surface area contributed by atoms with Gasteiger partial charge in [0.2, 0.25) is 5.95 Å². The third-order valence-electron chi connectivity index (χ3n) is 4.41. The number of nitrogens with zero attached hydrogens (tertiary/aromatic N) is 4. The Bertz CT molecular complexity index is 1220. The summed E-state index contributed by atoms with van der Waals surface area (Å²) < 4.78 is 7.60. The van der Waals surface area contributed by atoms with Gasteiger partial charge in [0.1, 0.15) is 32.6 Å². The Hall–Kier alpha value is -3.63. The molecule has 2 aromatic carbocycles.